The van der Waals surface area contributed by atoms with E-state index in [-0.39, 0.29) is 6.03 Å². The number of nitrogens with one attached hydrogen (secondary N) is 1. The van der Waals surface area contributed by atoms with Crippen LogP contribution in [0.3, 0.4) is 0 Å². The minimum absolute atomic E-state index is 0.131. The van der Waals surface area contributed by atoms with Gasteiger partial charge in [-0.1, -0.05) is 6.08 Å². The van der Waals surface area contributed by atoms with E-state index < -0.39 is 0 Å². The van der Waals surface area contributed by atoms with Gasteiger partial charge in [0.05, 0.1) is 12.3 Å². The molecule has 1 aliphatic heterocycles. The minimum Gasteiger partial charge on any atom is -0.380 e. The summed E-state index contributed by atoms with van der Waals surface area (Å²) >= 11 is 0. The molecule has 7 nitrogen and oxygen atoms in total. The Morgan fingerprint density at radius 1 is 1.50 bits per heavy atom. The molecule has 3 rings (SSSR count). The zero-order valence-electron chi connectivity index (χ0n) is 12.7. The van der Waals surface area contributed by atoms with Crippen LogP contribution in [0.25, 0.3) is 5.65 Å². The van der Waals surface area contributed by atoms with Gasteiger partial charge in [0.25, 0.3) is 0 Å². The van der Waals surface area contributed by atoms with E-state index in [2.05, 4.69) is 15.4 Å². The van der Waals surface area contributed by atoms with Gasteiger partial charge in [-0.3, -0.25) is 5.32 Å². The maximum atomic E-state index is 12.4. The van der Waals surface area contributed by atoms with Crippen molar-refractivity contribution in [3.63, 3.8) is 0 Å². The minimum atomic E-state index is -0.131. The molecule has 116 valence electrons. The Balaban J connectivity index is 1.71. The van der Waals surface area contributed by atoms with Gasteiger partial charge < -0.3 is 9.64 Å². The lowest BCUT2D eigenvalue weighted by atomic mass is 10.1. The maximum absolute atomic E-state index is 12.4. The quantitative estimate of drug-likeness (QED) is 0.878. The van der Waals surface area contributed by atoms with Crippen molar-refractivity contribution < 1.29 is 9.53 Å². The zero-order valence-corrected chi connectivity index (χ0v) is 12.7. The van der Waals surface area contributed by atoms with Gasteiger partial charge in [-0.25, -0.2) is 9.78 Å². The van der Waals surface area contributed by atoms with E-state index in [1.54, 1.807) is 28.8 Å². The summed E-state index contributed by atoms with van der Waals surface area (Å²) in [6.07, 6.45) is 4.56. The summed E-state index contributed by atoms with van der Waals surface area (Å²) in [4.78, 5) is 18.4. The van der Waals surface area contributed by atoms with Crippen LogP contribution in [-0.2, 0) is 4.74 Å². The number of amides is 2. The molecule has 0 fully saturated rings. The average molecular weight is 301 g/mol. The molecule has 3 heterocycles. The van der Waals surface area contributed by atoms with Gasteiger partial charge in [0.15, 0.2) is 5.65 Å². The highest BCUT2D eigenvalue weighted by Crippen LogP contribution is 2.14. The fourth-order valence-electron chi connectivity index (χ4n) is 2.51. The van der Waals surface area contributed by atoms with Crippen molar-refractivity contribution in [1.29, 1.82) is 0 Å². The standard InChI is InChI=1S/C15H19N5O2/c1-11-9-14-16-6-3-13(20(14)18-11)17-15(21)19-7-4-12(5-8-19)10-22-2/h3-4,6,9H,5,7-8,10H2,1-2H3,(H,17,21). The van der Waals surface area contributed by atoms with Crippen LogP contribution in [0, 0.1) is 6.92 Å². The van der Waals surface area contributed by atoms with Crippen molar-refractivity contribution in [1.82, 2.24) is 19.5 Å². The molecule has 7 heteroatoms. The number of hydrogen-bond donors (Lipinski definition) is 1. The second kappa shape index (κ2) is 6.15. The SMILES string of the molecule is COCC1=CCN(C(=O)Nc2ccnc3cc(C)nn23)CC1. The average Bonchev–Trinajstić information content (AvgIpc) is 2.90. The molecule has 0 spiro atoms. The number of carbonyl (C=O) groups is 1. The zero-order chi connectivity index (χ0) is 15.5. The summed E-state index contributed by atoms with van der Waals surface area (Å²) in [5, 5.41) is 7.24. The second-order valence-corrected chi connectivity index (χ2v) is 5.31. The van der Waals surface area contributed by atoms with Crippen molar-refractivity contribution >= 4 is 17.5 Å². The van der Waals surface area contributed by atoms with Crippen LogP contribution in [-0.4, -0.2) is 52.3 Å². The summed E-state index contributed by atoms with van der Waals surface area (Å²) in [7, 11) is 1.68. The fourth-order valence-corrected chi connectivity index (χ4v) is 2.51. The largest absolute Gasteiger partial charge is 0.380 e. The Kier molecular flexibility index (Phi) is 4.06. The van der Waals surface area contributed by atoms with Crippen LogP contribution in [0.15, 0.2) is 30.0 Å². The number of nitrogens with zero attached hydrogens (tertiary/aromatic N) is 4. The second-order valence-electron chi connectivity index (χ2n) is 5.31. The van der Waals surface area contributed by atoms with Gasteiger partial charge in [0.2, 0.25) is 0 Å². The van der Waals surface area contributed by atoms with Crippen molar-refractivity contribution in [2.75, 3.05) is 32.1 Å². The van der Waals surface area contributed by atoms with Gasteiger partial charge in [-0.05, 0) is 25.0 Å². The maximum Gasteiger partial charge on any atom is 0.323 e. The molecule has 0 aromatic carbocycles. The lowest BCUT2D eigenvalue weighted by Crippen LogP contribution is -2.38. The number of aromatic nitrogens is 3. The summed E-state index contributed by atoms with van der Waals surface area (Å²) < 4.78 is 6.76. The number of aryl methyl sites for hydroxylation is 1. The summed E-state index contributed by atoms with van der Waals surface area (Å²) in [5.74, 6) is 0.620. The molecule has 0 radical (unpaired) electrons. The highest BCUT2D eigenvalue weighted by Gasteiger charge is 2.18. The molecule has 2 aromatic rings. The van der Waals surface area contributed by atoms with E-state index in [9.17, 15) is 4.79 Å². The number of carbonyl (C=O) groups excluding carboxylic acids is 1. The first kappa shape index (κ1) is 14.5. The Bertz CT molecular complexity index is 722. The third-order valence-electron chi connectivity index (χ3n) is 3.64. The van der Waals surface area contributed by atoms with Crippen LogP contribution in [0.2, 0.25) is 0 Å². The molecule has 22 heavy (non-hydrogen) atoms. The van der Waals surface area contributed by atoms with Crippen molar-refractivity contribution in [2.24, 2.45) is 0 Å². The molecule has 1 aliphatic rings. The third-order valence-corrected chi connectivity index (χ3v) is 3.64. The number of urea groups is 1. The predicted molar refractivity (Wildman–Crippen MR) is 82.9 cm³/mol. The molecule has 0 saturated heterocycles. The molecule has 0 aliphatic carbocycles. The topological polar surface area (TPSA) is 71.8 Å². The van der Waals surface area contributed by atoms with Gasteiger partial charge in [-0.2, -0.15) is 9.61 Å². The van der Waals surface area contributed by atoms with Crippen LogP contribution in [0.4, 0.5) is 10.6 Å². The van der Waals surface area contributed by atoms with Crippen molar-refractivity contribution in [3.05, 3.63) is 35.7 Å². The van der Waals surface area contributed by atoms with Crippen LogP contribution < -0.4 is 5.32 Å². The summed E-state index contributed by atoms with van der Waals surface area (Å²) in [6, 6.07) is 3.48. The lowest BCUT2D eigenvalue weighted by Gasteiger charge is -2.26. The highest BCUT2D eigenvalue weighted by molar-refractivity contribution is 5.88. The van der Waals surface area contributed by atoms with E-state index in [1.165, 1.54) is 5.57 Å². The summed E-state index contributed by atoms with van der Waals surface area (Å²) in [5.41, 5.74) is 2.82. The van der Waals surface area contributed by atoms with Gasteiger partial charge in [-0.15, -0.1) is 0 Å². The Morgan fingerprint density at radius 2 is 2.36 bits per heavy atom. The monoisotopic (exact) mass is 301 g/mol. The van der Waals surface area contributed by atoms with Crippen LogP contribution in [0.5, 0.6) is 0 Å². The van der Waals surface area contributed by atoms with Crippen LogP contribution in [0.1, 0.15) is 12.1 Å². The van der Waals surface area contributed by atoms with E-state index in [0.29, 0.717) is 25.5 Å². The van der Waals surface area contributed by atoms with Gasteiger partial charge in [0.1, 0.15) is 5.82 Å². The first-order valence-electron chi connectivity index (χ1n) is 7.21. The van der Waals surface area contributed by atoms with E-state index in [1.807, 2.05) is 19.1 Å². The number of hydrogen-bond acceptors (Lipinski definition) is 4. The highest BCUT2D eigenvalue weighted by atomic mass is 16.5. The molecule has 0 atom stereocenters. The normalized spacial score (nSPS) is 15.0. The molecule has 2 amide bonds. The molecule has 1 N–H and O–H groups in total. The molecule has 0 bridgehead atoms. The number of fused-ring (bicyclic) bond motifs is 1. The number of anilines is 1. The first-order valence-corrected chi connectivity index (χ1v) is 7.21. The first-order chi connectivity index (χ1) is 10.7. The molecule has 0 saturated carbocycles. The molecular weight excluding hydrogens is 282 g/mol. The van der Waals surface area contributed by atoms with Gasteiger partial charge >= 0.3 is 6.03 Å². The Labute approximate surface area is 128 Å². The predicted octanol–water partition coefficient (Wildman–Crippen LogP) is 1.85. The third kappa shape index (κ3) is 2.94. The van der Waals surface area contributed by atoms with E-state index in [0.717, 1.165) is 17.8 Å². The summed E-state index contributed by atoms with van der Waals surface area (Å²) in [6.45, 7) is 3.81. The van der Waals surface area contributed by atoms with Crippen molar-refractivity contribution in [3.8, 4) is 0 Å². The number of methoxy groups -OCH3 is 1. The smallest absolute Gasteiger partial charge is 0.323 e. The van der Waals surface area contributed by atoms with Crippen LogP contribution >= 0.6 is 0 Å². The lowest BCUT2D eigenvalue weighted by molar-refractivity contribution is 0.203. The number of rotatable bonds is 3. The van der Waals surface area contributed by atoms with E-state index >= 15 is 0 Å². The van der Waals surface area contributed by atoms with E-state index in [4.69, 9.17) is 4.74 Å². The molecule has 2 aromatic heterocycles. The molecule has 0 unspecified atom stereocenters. The Morgan fingerprint density at radius 3 is 3.09 bits per heavy atom. The van der Waals surface area contributed by atoms with Crippen molar-refractivity contribution in [2.45, 2.75) is 13.3 Å². The Hall–Kier alpha value is -2.41. The number of ether oxygens (including phenoxy) is 1. The molecular formula is C15H19N5O2. The fraction of sp³-hybridized carbons (Fsp3) is 0.400. The van der Waals surface area contributed by atoms with Gasteiger partial charge in [0, 0.05) is 32.5 Å².